The van der Waals surface area contributed by atoms with Crippen LogP contribution in [0.3, 0.4) is 0 Å². The molecule has 0 atom stereocenters. The first-order chi connectivity index (χ1) is 11.8. The van der Waals surface area contributed by atoms with Gasteiger partial charge in [0.05, 0.1) is 11.4 Å². The maximum absolute atomic E-state index is 9.23. The summed E-state index contributed by atoms with van der Waals surface area (Å²) in [4.78, 5) is 2.44. The first kappa shape index (κ1) is 18.1. The quantitative estimate of drug-likeness (QED) is 0.371. The summed E-state index contributed by atoms with van der Waals surface area (Å²) in [6.07, 6.45) is 6.56. The van der Waals surface area contributed by atoms with E-state index in [4.69, 9.17) is 5.21 Å². The largest absolute Gasteiger partial charge is 0.379 e. The van der Waals surface area contributed by atoms with E-state index < -0.39 is 0 Å². The predicted octanol–water partition coefficient (Wildman–Crippen LogP) is 2.11. The molecule has 24 heavy (non-hydrogen) atoms. The van der Waals surface area contributed by atoms with Crippen molar-refractivity contribution in [2.24, 2.45) is 0 Å². The van der Waals surface area contributed by atoms with Gasteiger partial charge in [0.1, 0.15) is 0 Å². The van der Waals surface area contributed by atoms with Crippen molar-refractivity contribution in [3.8, 4) is 0 Å². The van der Waals surface area contributed by atoms with E-state index in [0.717, 1.165) is 32.5 Å². The first-order valence-corrected chi connectivity index (χ1v) is 8.12. The molecule has 1 aromatic carbocycles. The minimum atomic E-state index is 0.276. The summed E-state index contributed by atoms with van der Waals surface area (Å²) < 4.78 is 0. The van der Waals surface area contributed by atoms with Gasteiger partial charge in [-0.15, -0.1) is 0 Å². The van der Waals surface area contributed by atoms with Crippen molar-refractivity contribution in [1.82, 2.24) is 21.2 Å². The average Bonchev–Trinajstić information content (AvgIpc) is 2.62. The Bertz CT molecular complexity index is 564. The number of piperidine rings is 1. The summed E-state index contributed by atoms with van der Waals surface area (Å²) in [5.41, 5.74) is 6.48. The van der Waals surface area contributed by atoms with Crippen molar-refractivity contribution in [2.75, 3.05) is 13.1 Å². The molecular formula is C18H26N4O2. The van der Waals surface area contributed by atoms with Gasteiger partial charge >= 0.3 is 0 Å². The van der Waals surface area contributed by atoms with Gasteiger partial charge in [-0.1, -0.05) is 43.0 Å². The van der Waals surface area contributed by atoms with E-state index in [0.29, 0.717) is 11.4 Å². The van der Waals surface area contributed by atoms with Crippen molar-refractivity contribution >= 4 is 0 Å². The van der Waals surface area contributed by atoms with Gasteiger partial charge in [0, 0.05) is 31.9 Å². The monoisotopic (exact) mass is 330 g/mol. The molecule has 0 spiro atoms. The molecule has 6 heteroatoms. The van der Waals surface area contributed by atoms with E-state index in [1.165, 1.54) is 11.8 Å². The van der Waals surface area contributed by atoms with E-state index in [9.17, 15) is 5.21 Å². The van der Waals surface area contributed by atoms with Crippen LogP contribution in [0.25, 0.3) is 0 Å². The van der Waals surface area contributed by atoms with Crippen molar-refractivity contribution < 1.29 is 10.4 Å². The lowest BCUT2D eigenvalue weighted by molar-refractivity contribution is 0.185. The van der Waals surface area contributed by atoms with Crippen LogP contribution in [0.4, 0.5) is 0 Å². The number of likely N-dealkylation sites (tertiary alicyclic amines) is 1. The summed E-state index contributed by atoms with van der Waals surface area (Å²) >= 11 is 0. The highest BCUT2D eigenvalue weighted by Crippen LogP contribution is 2.16. The lowest BCUT2D eigenvalue weighted by Gasteiger charge is -2.33. The smallest absolute Gasteiger partial charge is 0.0849 e. The fourth-order valence-electron chi connectivity index (χ4n) is 2.86. The maximum Gasteiger partial charge on any atom is 0.0849 e. The molecule has 0 saturated carbocycles. The van der Waals surface area contributed by atoms with E-state index in [-0.39, 0.29) is 6.04 Å². The molecule has 1 aromatic rings. The number of benzene rings is 1. The average molecular weight is 330 g/mol. The zero-order chi connectivity index (χ0) is 17.2. The number of allylic oxidation sites excluding steroid dienone is 2. The summed E-state index contributed by atoms with van der Waals surface area (Å²) in [5, 5.41) is 21.5. The predicted molar refractivity (Wildman–Crippen MR) is 94.1 cm³/mol. The van der Waals surface area contributed by atoms with Crippen LogP contribution in [-0.2, 0) is 6.54 Å². The highest BCUT2D eigenvalue weighted by Gasteiger charge is 2.20. The highest BCUT2D eigenvalue weighted by atomic mass is 16.5. The Kier molecular flexibility index (Phi) is 7.35. The fraction of sp³-hybridized carbons (Fsp3) is 0.333. The van der Waals surface area contributed by atoms with Crippen LogP contribution < -0.4 is 16.3 Å². The van der Waals surface area contributed by atoms with Crippen LogP contribution in [0, 0.1) is 0 Å². The fourth-order valence-corrected chi connectivity index (χ4v) is 2.86. The van der Waals surface area contributed by atoms with Crippen LogP contribution in [0.1, 0.15) is 18.4 Å². The molecule has 1 aliphatic heterocycles. The van der Waals surface area contributed by atoms with Crippen molar-refractivity contribution in [1.29, 1.82) is 0 Å². The highest BCUT2D eigenvalue weighted by molar-refractivity contribution is 5.29. The molecule has 0 bridgehead atoms. The molecular weight excluding hydrogens is 304 g/mol. The standard InChI is InChI=1S/C18H26N4O2/c1-2-6-17(21-24)18(13-19-23)20-16-9-11-22(12-10-16)14-15-7-4-3-5-8-15/h2-8,13,16,19-21,23-24H,1,9-12,14H2. The Morgan fingerprint density at radius 2 is 1.88 bits per heavy atom. The summed E-state index contributed by atoms with van der Waals surface area (Å²) in [5.74, 6) is 0. The van der Waals surface area contributed by atoms with Crippen LogP contribution in [0.15, 0.2) is 66.7 Å². The molecule has 0 radical (unpaired) electrons. The Balaban J connectivity index is 1.88. The zero-order valence-corrected chi connectivity index (χ0v) is 13.8. The van der Waals surface area contributed by atoms with Crippen molar-refractivity contribution in [3.05, 3.63) is 72.2 Å². The third-order valence-corrected chi connectivity index (χ3v) is 4.10. The van der Waals surface area contributed by atoms with Gasteiger partial charge in [-0.3, -0.25) is 26.3 Å². The van der Waals surface area contributed by atoms with Crippen molar-refractivity contribution in [3.63, 3.8) is 0 Å². The second kappa shape index (κ2) is 9.77. The van der Waals surface area contributed by atoms with Crippen LogP contribution in [0.5, 0.6) is 0 Å². The topological polar surface area (TPSA) is 79.8 Å². The molecule has 1 saturated heterocycles. The second-order valence-electron chi connectivity index (χ2n) is 5.80. The third-order valence-electron chi connectivity index (χ3n) is 4.10. The zero-order valence-electron chi connectivity index (χ0n) is 13.8. The lowest BCUT2D eigenvalue weighted by Crippen LogP contribution is -2.42. The normalized spacial score (nSPS) is 17.4. The molecule has 0 unspecified atom stereocenters. The molecule has 0 aromatic heterocycles. The first-order valence-electron chi connectivity index (χ1n) is 8.12. The summed E-state index contributed by atoms with van der Waals surface area (Å²) in [6, 6.07) is 10.7. The van der Waals surface area contributed by atoms with Crippen LogP contribution >= 0.6 is 0 Å². The Hall–Kier alpha value is -2.28. The number of hydrogen-bond donors (Lipinski definition) is 5. The third kappa shape index (κ3) is 5.42. The van der Waals surface area contributed by atoms with Gasteiger partial charge < -0.3 is 5.32 Å². The molecule has 0 aliphatic carbocycles. The van der Waals surface area contributed by atoms with E-state index in [1.54, 1.807) is 12.2 Å². The maximum atomic E-state index is 9.23. The summed E-state index contributed by atoms with van der Waals surface area (Å²) in [6.45, 7) is 6.58. The van der Waals surface area contributed by atoms with E-state index >= 15 is 0 Å². The molecule has 2 rings (SSSR count). The Morgan fingerprint density at radius 3 is 2.46 bits per heavy atom. The van der Waals surface area contributed by atoms with Gasteiger partial charge in [0.2, 0.25) is 0 Å². The van der Waals surface area contributed by atoms with Gasteiger partial charge in [-0.05, 0) is 24.5 Å². The van der Waals surface area contributed by atoms with Crippen molar-refractivity contribution in [2.45, 2.75) is 25.4 Å². The van der Waals surface area contributed by atoms with Crippen LogP contribution in [-0.4, -0.2) is 34.4 Å². The number of hydroxylamine groups is 2. The molecule has 0 amide bonds. The van der Waals surface area contributed by atoms with E-state index in [1.807, 2.05) is 11.5 Å². The molecule has 1 heterocycles. The van der Waals surface area contributed by atoms with E-state index in [2.05, 4.69) is 46.5 Å². The molecule has 5 N–H and O–H groups in total. The Labute approximate surface area is 143 Å². The summed E-state index contributed by atoms with van der Waals surface area (Å²) in [7, 11) is 0. The van der Waals surface area contributed by atoms with Crippen LogP contribution in [0.2, 0.25) is 0 Å². The van der Waals surface area contributed by atoms with Gasteiger partial charge in [-0.2, -0.15) is 0 Å². The van der Waals surface area contributed by atoms with Gasteiger partial charge in [-0.25, -0.2) is 0 Å². The number of rotatable bonds is 8. The van der Waals surface area contributed by atoms with Gasteiger partial charge in [0.15, 0.2) is 0 Å². The number of nitrogens with zero attached hydrogens (tertiary/aromatic N) is 1. The molecule has 1 aliphatic rings. The number of nitrogens with one attached hydrogen (secondary N) is 3. The Morgan fingerprint density at radius 1 is 1.17 bits per heavy atom. The molecule has 130 valence electrons. The molecule has 6 nitrogen and oxygen atoms in total. The SMILES string of the molecule is C=CC=C(NO)C(=CNO)NC1CCN(Cc2ccccc2)CC1. The minimum Gasteiger partial charge on any atom is -0.379 e. The number of hydrogen-bond acceptors (Lipinski definition) is 6. The lowest BCUT2D eigenvalue weighted by atomic mass is 10.0. The van der Waals surface area contributed by atoms with Gasteiger partial charge in [0.25, 0.3) is 0 Å². The second-order valence-corrected chi connectivity index (χ2v) is 5.80. The minimum absolute atomic E-state index is 0.276. The molecule has 1 fully saturated rings.